The van der Waals surface area contributed by atoms with Gasteiger partial charge in [0.1, 0.15) is 18.1 Å². The van der Waals surface area contributed by atoms with Crippen molar-refractivity contribution in [2.75, 3.05) is 0 Å². The fourth-order valence-electron chi connectivity index (χ4n) is 3.56. The first-order valence-electron chi connectivity index (χ1n) is 8.53. The molecule has 3 rings (SSSR count). The van der Waals surface area contributed by atoms with Gasteiger partial charge in [0, 0.05) is 0 Å². The van der Waals surface area contributed by atoms with Crippen LogP contribution in [0.3, 0.4) is 0 Å². The summed E-state index contributed by atoms with van der Waals surface area (Å²) in [6, 6.07) is 17.2. The van der Waals surface area contributed by atoms with Crippen molar-refractivity contribution in [3.8, 4) is 11.5 Å². The Balaban J connectivity index is 1.60. The van der Waals surface area contributed by atoms with Crippen LogP contribution in [0.2, 0.25) is 0 Å². The summed E-state index contributed by atoms with van der Waals surface area (Å²) in [5, 5.41) is 0. The molecule has 0 aliphatic heterocycles. The van der Waals surface area contributed by atoms with Gasteiger partial charge in [-0.1, -0.05) is 56.3 Å². The van der Waals surface area contributed by atoms with E-state index in [1.165, 1.54) is 0 Å². The van der Waals surface area contributed by atoms with E-state index in [2.05, 4.69) is 20.4 Å². The van der Waals surface area contributed by atoms with Crippen LogP contribution < -0.4 is 4.74 Å². The third-order valence-electron chi connectivity index (χ3n) is 4.87. The Kier molecular flexibility index (Phi) is 4.67. The fraction of sp³-hybridized carbons (Fsp3) is 0.318. The number of allylic oxidation sites excluding steroid dienone is 1. The zero-order valence-corrected chi connectivity index (χ0v) is 15.0. The van der Waals surface area contributed by atoms with Crippen molar-refractivity contribution in [3.05, 3.63) is 72.3 Å². The van der Waals surface area contributed by atoms with E-state index in [0.717, 1.165) is 22.6 Å². The molecule has 1 aliphatic rings. The first kappa shape index (κ1) is 17.3. The van der Waals surface area contributed by atoms with E-state index in [9.17, 15) is 4.79 Å². The topological polar surface area (TPSA) is 35.5 Å². The van der Waals surface area contributed by atoms with Crippen molar-refractivity contribution >= 4 is 5.97 Å². The smallest absolute Gasteiger partial charge is 0.310 e. The van der Waals surface area contributed by atoms with Gasteiger partial charge in [-0.15, -0.1) is 0 Å². The minimum absolute atomic E-state index is 0.0544. The summed E-state index contributed by atoms with van der Waals surface area (Å²) in [5.41, 5.74) is 1.90. The highest BCUT2D eigenvalue weighted by Gasteiger charge is 2.62. The minimum atomic E-state index is -0.146. The van der Waals surface area contributed by atoms with Crippen LogP contribution in [0.4, 0.5) is 0 Å². The predicted molar refractivity (Wildman–Crippen MR) is 98.3 cm³/mol. The lowest BCUT2D eigenvalue weighted by Crippen LogP contribution is -2.10. The minimum Gasteiger partial charge on any atom is -0.461 e. The summed E-state index contributed by atoms with van der Waals surface area (Å²) in [4.78, 5) is 12.4. The second-order valence-corrected chi connectivity index (χ2v) is 7.29. The second-order valence-electron chi connectivity index (χ2n) is 7.29. The molecule has 2 aromatic rings. The normalized spacial score (nSPS) is 20.6. The van der Waals surface area contributed by atoms with Crippen LogP contribution in [-0.2, 0) is 16.1 Å². The van der Waals surface area contributed by atoms with Gasteiger partial charge in [-0.3, -0.25) is 4.79 Å². The number of carbonyl (C=O) groups excluding carboxylic acids is 1. The van der Waals surface area contributed by atoms with Crippen LogP contribution in [-0.4, -0.2) is 5.97 Å². The van der Waals surface area contributed by atoms with Gasteiger partial charge >= 0.3 is 5.97 Å². The maximum atomic E-state index is 12.4. The molecule has 3 heteroatoms. The Bertz CT molecular complexity index is 777. The second kappa shape index (κ2) is 6.75. The van der Waals surface area contributed by atoms with Crippen molar-refractivity contribution in [1.29, 1.82) is 0 Å². The first-order valence-corrected chi connectivity index (χ1v) is 8.53. The van der Waals surface area contributed by atoms with Gasteiger partial charge < -0.3 is 9.47 Å². The van der Waals surface area contributed by atoms with Crippen LogP contribution in [0, 0.1) is 17.3 Å². The zero-order chi connectivity index (χ0) is 18.0. The molecule has 0 saturated heterocycles. The Labute approximate surface area is 149 Å². The number of hydrogen-bond donors (Lipinski definition) is 0. The number of hydrogen-bond acceptors (Lipinski definition) is 3. The molecule has 130 valence electrons. The molecule has 0 amide bonds. The van der Waals surface area contributed by atoms with E-state index in [1.807, 2.05) is 61.5 Å². The molecule has 1 aliphatic carbocycles. The number of para-hydroxylation sites is 1. The van der Waals surface area contributed by atoms with Crippen LogP contribution in [0.1, 0.15) is 26.3 Å². The van der Waals surface area contributed by atoms with E-state index in [4.69, 9.17) is 9.47 Å². The third-order valence-corrected chi connectivity index (χ3v) is 4.87. The monoisotopic (exact) mass is 336 g/mol. The molecule has 0 bridgehead atoms. The summed E-state index contributed by atoms with van der Waals surface area (Å²) in [6.45, 7) is 10.4. The molecule has 2 unspecified atom stereocenters. The highest BCUT2D eigenvalue weighted by molar-refractivity contribution is 5.78. The standard InChI is InChI=1S/C22H24O3/c1-15(2)19-20(22(19,3)4)21(23)24-14-16-9-8-12-18(13-16)25-17-10-6-5-7-11-17/h5-13,19-20H,1,14H2,2-4H3. The maximum Gasteiger partial charge on any atom is 0.310 e. The molecule has 0 radical (unpaired) electrons. The molecule has 1 saturated carbocycles. The van der Waals surface area contributed by atoms with Crippen LogP contribution >= 0.6 is 0 Å². The van der Waals surface area contributed by atoms with E-state index in [1.54, 1.807) is 0 Å². The van der Waals surface area contributed by atoms with Crippen LogP contribution in [0.5, 0.6) is 11.5 Å². The first-order chi connectivity index (χ1) is 11.9. The summed E-state index contributed by atoms with van der Waals surface area (Å²) < 4.78 is 11.4. The van der Waals surface area contributed by atoms with Gasteiger partial charge in [-0.05, 0) is 48.1 Å². The van der Waals surface area contributed by atoms with E-state index in [-0.39, 0.29) is 29.8 Å². The number of carbonyl (C=O) groups is 1. The molecular weight excluding hydrogens is 312 g/mol. The summed E-state index contributed by atoms with van der Waals surface area (Å²) in [7, 11) is 0. The average Bonchev–Trinajstić information content (AvgIpc) is 3.17. The van der Waals surface area contributed by atoms with E-state index in [0.29, 0.717) is 0 Å². The molecule has 0 spiro atoms. The van der Waals surface area contributed by atoms with E-state index < -0.39 is 0 Å². The van der Waals surface area contributed by atoms with Crippen molar-refractivity contribution in [3.63, 3.8) is 0 Å². The zero-order valence-electron chi connectivity index (χ0n) is 15.0. The lowest BCUT2D eigenvalue weighted by Gasteiger charge is -2.09. The Morgan fingerprint density at radius 3 is 2.36 bits per heavy atom. The van der Waals surface area contributed by atoms with Gasteiger partial charge in [0.15, 0.2) is 0 Å². The van der Waals surface area contributed by atoms with Gasteiger partial charge in [-0.25, -0.2) is 0 Å². The molecule has 0 aromatic heterocycles. The van der Waals surface area contributed by atoms with Gasteiger partial charge in [0.05, 0.1) is 5.92 Å². The molecule has 0 N–H and O–H groups in total. The highest BCUT2D eigenvalue weighted by Crippen LogP contribution is 2.61. The SMILES string of the molecule is C=C(C)C1C(C(=O)OCc2cccc(Oc3ccccc3)c2)C1(C)C. The molecule has 0 heterocycles. The van der Waals surface area contributed by atoms with Crippen LogP contribution in [0.15, 0.2) is 66.7 Å². The predicted octanol–water partition coefficient (Wildman–Crippen LogP) is 5.37. The van der Waals surface area contributed by atoms with Gasteiger partial charge in [0.2, 0.25) is 0 Å². The number of ether oxygens (including phenoxy) is 2. The van der Waals surface area contributed by atoms with E-state index >= 15 is 0 Å². The van der Waals surface area contributed by atoms with Crippen molar-refractivity contribution in [2.45, 2.75) is 27.4 Å². The summed E-state index contributed by atoms with van der Waals surface area (Å²) in [5.74, 6) is 1.49. The molecule has 25 heavy (non-hydrogen) atoms. The Morgan fingerprint density at radius 1 is 1.04 bits per heavy atom. The van der Waals surface area contributed by atoms with Crippen molar-refractivity contribution in [1.82, 2.24) is 0 Å². The van der Waals surface area contributed by atoms with Gasteiger partial charge in [0.25, 0.3) is 0 Å². The molecule has 2 aromatic carbocycles. The number of esters is 1. The summed E-state index contributed by atoms with van der Waals surface area (Å²) >= 11 is 0. The molecule has 2 atom stereocenters. The number of rotatable bonds is 6. The largest absolute Gasteiger partial charge is 0.461 e. The molecule has 1 fully saturated rings. The molecule has 3 nitrogen and oxygen atoms in total. The Morgan fingerprint density at radius 2 is 1.72 bits per heavy atom. The third kappa shape index (κ3) is 3.76. The Hall–Kier alpha value is -2.55. The average molecular weight is 336 g/mol. The lowest BCUT2D eigenvalue weighted by atomic mass is 10.1. The fourth-order valence-corrected chi connectivity index (χ4v) is 3.56. The maximum absolute atomic E-state index is 12.4. The summed E-state index contributed by atoms with van der Waals surface area (Å²) in [6.07, 6.45) is 0. The van der Waals surface area contributed by atoms with Gasteiger partial charge in [-0.2, -0.15) is 0 Å². The highest BCUT2D eigenvalue weighted by atomic mass is 16.5. The molecular formula is C22H24O3. The van der Waals surface area contributed by atoms with Crippen LogP contribution in [0.25, 0.3) is 0 Å². The van der Waals surface area contributed by atoms with Crippen molar-refractivity contribution < 1.29 is 14.3 Å². The van der Waals surface area contributed by atoms with Crippen molar-refractivity contribution in [2.24, 2.45) is 17.3 Å². The quantitative estimate of drug-likeness (QED) is 0.525. The lowest BCUT2D eigenvalue weighted by molar-refractivity contribution is -0.147. The number of benzene rings is 2.